The Kier molecular flexibility index (Phi) is 5.63. The van der Waals surface area contributed by atoms with E-state index in [1.165, 1.54) is 23.3 Å². The molecule has 6 heteroatoms. The Morgan fingerprint density at radius 1 is 1.19 bits per heavy atom. The first-order valence-corrected chi connectivity index (χ1v) is 8.83. The van der Waals surface area contributed by atoms with Crippen molar-refractivity contribution in [2.75, 3.05) is 19.6 Å². The molecule has 6 nitrogen and oxygen atoms in total. The largest absolute Gasteiger partial charge is 0.478 e. The number of benzene rings is 1. The van der Waals surface area contributed by atoms with Gasteiger partial charge in [-0.25, -0.2) is 9.78 Å². The van der Waals surface area contributed by atoms with Gasteiger partial charge in [-0.05, 0) is 43.0 Å². The number of carbonyl (C=O) groups is 2. The zero-order chi connectivity index (χ0) is 18.5. The van der Waals surface area contributed by atoms with E-state index in [-0.39, 0.29) is 17.2 Å². The van der Waals surface area contributed by atoms with Crippen molar-refractivity contribution >= 4 is 11.9 Å². The lowest BCUT2D eigenvalue weighted by Gasteiger charge is -2.28. The van der Waals surface area contributed by atoms with Gasteiger partial charge in [0.25, 0.3) is 5.91 Å². The molecular formula is C20H23N3O3. The van der Waals surface area contributed by atoms with Crippen LogP contribution in [0.4, 0.5) is 0 Å². The second kappa shape index (κ2) is 8.10. The Labute approximate surface area is 152 Å². The van der Waals surface area contributed by atoms with Gasteiger partial charge in [0, 0.05) is 26.2 Å². The number of hydrogen-bond acceptors (Lipinski definition) is 4. The van der Waals surface area contributed by atoms with Gasteiger partial charge in [-0.2, -0.15) is 0 Å². The zero-order valence-corrected chi connectivity index (χ0v) is 14.9. The van der Waals surface area contributed by atoms with Gasteiger partial charge in [0.05, 0.1) is 11.3 Å². The maximum absolute atomic E-state index is 12.2. The van der Waals surface area contributed by atoms with Crippen LogP contribution in [0.1, 0.15) is 44.1 Å². The predicted octanol–water partition coefficient (Wildman–Crippen LogP) is 2.27. The minimum atomic E-state index is -1.04. The van der Waals surface area contributed by atoms with Crippen LogP contribution in [0.5, 0.6) is 0 Å². The average Bonchev–Trinajstić information content (AvgIpc) is 2.64. The van der Waals surface area contributed by atoms with E-state index in [2.05, 4.69) is 39.5 Å². The third kappa shape index (κ3) is 4.26. The summed E-state index contributed by atoms with van der Waals surface area (Å²) >= 11 is 0. The normalized spacial score (nSPS) is 13.9. The highest BCUT2D eigenvalue weighted by molar-refractivity contribution is 5.94. The minimum absolute atomic E-state index is 0.118. The molecule has 2 heterocycles. The molecule has 3 rings (SSSR count). The highest BCUT2D eigenvalue weighted by Gasteiger charge is 2.16. The predicted molar refractivity (Wildman–Crippen MR) is 98.3 cm³/mol. The number of carboxylic acids is 1. The highest BCUT2D eigenvalue weighted by atomic mass is 16.4. The van der Waals surface area contributed by atoms with E-state index in [1.54, 1.807) is 6.92 Å². The van der Waals surface area contributed by atoms with Crippen LogP contribution in [-0.4, -0.2) is 46.5 Å². The zero-order valence-electron chi connectivity index (χ0n) is 14.9. The number of nitrogens with one attached hydrogen (secondary N) is 1. The fraction of sp³-hybridized carbons (Fsp3) is 0.350. The topological polar surface area (TPSA) is 82.5 Å². The van der Waals surface area contributed by atoms with Crippen LogP contribution in [0.3, 0.4) is 0 Å². The highest BCUT2D eigenvalue weighted by Crippen LogP contribution is 2.18. The second-order valence-electron chi connectivity index (χ2n) is 6.54. The van der Waals surface area contributed by atoms with Crippen molar-refractivity contribution in [1.82, 2.24) is 15.2 Å². The summed E-state index contributed by atoms with van der Waals surface area (Å²) in [4.78, 5) is 29.6. The Bertz CT molecular complexity index is 820. The summed E-state index contributed by atoms with van der Waals surface area (Å²) in [7, 11) is 0. The van der Waals surface area contributed by atoms with E-state index >= 15 is 0 Å². The Hall–Kier alpha value is -2.73. The van der Waals surface area contributed by atoms with Gasteiger partial charge in [-0.3, -0.25) is 9.69 Å². The van der Waals surface area contributed by atoms with Crippen molar-refractivity contribution in [3.05, 3.63) is 64.5 Å². The standard InChI is InChI=1S/C20H23N3O3/c1-14-17(20(25)26)7-8-18(22-14)19(24)21-10-4-11-23-12-9-15-5-2-3-6-16(15)13-23/h2-3,5-8H,4,9-13H2,1H3,(H,21,24)(H,25,26). The lowest BCUT2D eigenvalue weighted by atomic mass is 10.00. The molecule has 0 atom stereocenters. The van der Waals surface area contributed by atoms with E-state index in [9.17, 15) is 9.59 Å². The second-order valence-corrected chi connectivity index (χ2v) is 6.54. The average molecular weight is 353 g/mol. The van der Waals surface area contributed by atoms with Crippen molar-refractivity contribution in [1.29, 1.82) is 0 Å². The summed E-state index contributed by atoms with van der Waals surface area (Å²) in [5.74, 6) is -1.31. The summed E-state index contributed by atoms with van der Waals surface area (Å²) in [6.45, 7) is 5.09. The molecule has 136 valence electrons. The molecule has 0 spiro atoms. The molecule has 1 amide bonds. The number of hydrogen-bond donors (Lipinski definition) is 2. The van der Waals surface area contributed by atoms with Gasteiger partial charge in [-0.1, -0.05) is 24.3 Å². The van der Waals surface area contributed by atoms with Crippen LogP contribution >= 0.6 is 0 Å². The molecular weight excluding hydrogens is 330 g/mol. The number of rotatable bonds is 6. The van der Waals surface area contributed by atoms with Gasteiger partial charge in [0.15, 0.2) is 0 Å². The summed E-state index contributed by atoms with van der Waals surface area (Å²) in [6, 6.07) is 11.4. The van der Waals surface area contributed by atoms with Crippen molar-refractivity contribution in [2.24, 2.45) is 0 Å². The van der Waals surface area contributed by atoms with Crippen molar-refractivity contribution in [3.63, 3.8) is 0 Å². The molecule has 2 N–H and O–H groups in total. The number of carboxylic acid groups (broad SMARTS) is 1. The third-order valence-electron chi connectivity index (χ3n) is 4.70. The molecule has 0 saturated carbocycles. The first-order valence-electron chi connectivity index (χ1n) is 8.83. The number of aromatic nitrogens is 1. The molecule has 0 saturated heterocycles. The molecule has 0 fully saturated rings. The number of aryl methyl sites for hydroxylation is 1. The van der Waals surface area contributed by atoms with Crippen LogP contribution in [0, 0.1) is 6.92 Å². The summed E-state index contributed by atoms with van der Waals surface area (Å²) in [6.07, 6.45) is 1.93. The van der Waals surface area contributed by atoms with Crippen LogP contribution in [-0.2, 0) is 13.0 Å². The molecule has 0 bridgehead atoms. The number of aromatic carboxylic acids is 1. The van der Waals surface area contributed by atoms with Crippen molar-refractivity contribution in [3.8, 4) is 0 Å². The number of amides is 1. The van der Waals surface area contributed by atoms with Gasteiger partial charge in [-0.15, -0.1) is 0 Å². The summed E-state index contributed by atoms with van der Waals surface area (Å²) in [5.41, 5.74) is 3.53. The molecule has 26 heavy (non-hydrogen) atoms. The van der Waals surface area contributed by atoms with E-state index in [0.717, 1.165) is 32.5 Å². The summed E-state index contributed by atoms with van der Waals surface area (Å²) in [5, 5.41) is 11.9. The van der Waals surface area contributed by atoms with Crippen molar-refractivity contribution < 1.29 is 14.7 Å². The molecule has 0 radical (unpaired) electrons. The smallest absolute Gasteiger partial charge is 0.337 e. The molecule has 2 aromatic rings. The fourth-order valence-electron chi connectivity index (χ4n) is 3.25. The Balaban J connectivity index is 1.45. The van der Waals surface area contributed by atoms with Gasteiger partial charge in [0.1, 0.15) is 5.69 Å². The van der Waals surface area contributed by atoms with Gasteiger partial charge in [0.2, 0.25) is 0 Å². The Morgan fingerprint density at radius 2 is 1.96 bits per heavy atom. The number of pyridine rings is 1. The maximum Gasteiger partial charge on any atom is 0.337 e. The van der Waals surface area contributed by atoms with E-state index in [0.29, 0.717) is 12.2 Å². The van der Waals surface area contributed by atoms with Crippen LogP contribution in [0.2, 0.25) is 0 Å². The van der Waals surface area contributed by atoms with Crippen LogP contribution < -0.4 is 5.32 Å². The quantitative estimate of drug-likeness (QED) is 0.779. The SMILES string of the molecule is Cc1nc(C(=O)NCCCN2CCc3ccccc3C2)ccc1C(=O)O. The summed E-state index contributed by atoms with van der Waals surface area (Å²) < 4.78 is 0. The van der Waals surface area contributed by atoms with Gasteiger partial charge >= 0.3 is 5.97 Å². The maximum atomic E-state index is 12.2. The monoisotopic (exact) mass is 353 g/mol. The first-order chi connectivity index (χ1) is 12.5. The first kappa shape index (κ1) is 18.1. The molecule has 0 aliphatic carbocycles. The number of nitrogens with zero attached hydrogens (tertiary/aromatic N) is 2. The van der Waals surface area contributed by atoms with Crippen molar-refractivity contribution in [2.45, 2.75) is 26.3 Å². The lowest BCUT2D eigenvalue weighted by molar-refractivity contribution is 0.0694. The van der Waals surface area contributed by atoms with Crippen LogP contribution in [0.25, 0.3) is 0 Å². The van der Waals surface area contributed by atoms with E-state index < -0.39 is 5.97 Å². The molecule has 1 aromatic heterocycles. The molecule has 0 unspecified atom stereocenters. The lowest BCUT2D eigenvalue weighted by Crippen LogP contribution is -2.34. The third-order valence-corrected chi connectivity index (χ3v) is 4.70. The van der Waals surface area contributed by atoms with E-state index in [4.69, 9.17) is 5.11 Å². The van der Waals surface area contributed by atoms with Crippen LogP contribution in [0.15, 0.2) is 36.4 Å². The molecule has 1 aliphatic heterocycles. The van der Waals surface area contributed by atoms with Gasteiger partial charge < -0.3 is 10.4 Å². The fourth-order valence-corrected chi connectivity index (χ4v) is 3.25. The number of fused-ring (bicyclic) bond motifs is 1. The molecule has 1 aromatic carbocycles. The Morgan fingerprint density at radius 3 is 2.69 bits per heavy atom. The van der Waals surface area contributed by atoms with E-state index in [1.807, 2.05) is 0 Å². The minimum Gasteiger partial charge on any atom is -0.478 e. The number of carbonyl (C=O) groups excluding carboxylic acids is 1. The molecule has 1 aliphatic rings.